The topological polar surface area (TPSA) is 153 Å². The van der Waals surface area contributed by atoms with Crippen LogP contribution in [-0.2, 0) is 47.6 Å². The zero-order valence-electron chi connectivity index (χ0n) is 22.6. The molecule has 0 N–H and O–H groups in total. The van der Waals surface area contributed by atoms with Gasteiger partial charge in [-0.25, -0.2) is 0 Å². The molecule has 0 amide bonds. The number of aryl methyl sites for hydroxylation is 1. The number of ether oxygens (including phenoxy) is 5. The van der Waals surface area contributed by atoms with Gasteiger partial charge in [0, 0.05) is 27.0 Å². The average molecular weight is 578 g/mol. The van der Waals surface area contributed by atoms with Crippen molar-refractivity contribution in [1.29, 1.82) is 0 Å². The molecule has 0 radical (unpaired) electrons. The molecule has 1 saturated heterocycles. The summed E-state index contributed by atoms with van der Waals surface area (Å²) in [6.07, 6.45) is -4.06. The van der Waals surface area contributed by atoms with Crippen LogP contribution in [0.15, 0.2) is 58.4 Å². The molecule has 13 heteroatoms. The second kappa shape index (κ2) is 13.5. The average Bonchev–Trinajstić information content (AvgIpc) is 2.88. The number of nitrogens with zero attached hydrogens (tertiary/aromatic N) is 1. The van der Waals surface area contributed by atoms with Gasteiger partial charge in [0.1, 0.15) is 11.9 Å². The molecular weight excluding hydrogens is 546 g/mol. The number of rotatable bonds is 10. The molecule has 12 nitrogen and oxygen atoms in total. The number of hydrogen-bond donors (Lipinski definition) is 0. The third-order valence-electron chi connectivity index (χ3n) is 5.69. The van der Waals surface area contributed by atoms with Crippen LogP contribution < -0.4 is 4.74 Å². The maximum atomic E-state index is 12.8. The summed E-state index contributed by atoms with van der Waals surface area (Å²) >= 11 is 0. The van der Waals surface area contributed by atoms with E-state index in [-0.39, 0.29) is 4.90 Å². The van der Waals surface area contributed by atoms with Crippen LogP contribution in [0.25, 0.3) is 0 Å². The molecule has 1 aliphatic heterocycles. The number of esters is 3. The number of benzene rings is 2. The lowest BCUT2D eigenvalue weighted by molar-refractivity contribution is -0.264. The summed E-state index contributed by atoms with van der Waals surface area (Å²) in [5.41, 5.74) is 1.44. The second-order valence-electron chi connectivity index (χ2n) is 8.90. The molecule has 3 rings (SSSR count). The predicted molar refractivity (Wildman–Crippen MR) is 140 cm³/mol. The van der Waals surface area contributed by atoms with E-state index in [0.717, 1.165) is 26.3 Å². The summed E-state index contributed by atoms with van der Waals surface area (Å²) in [7, 11) is -2.75. The van der Waals surface area contributed by atoms with Gasteiger partial charge in [0.05, 0.1) is 18.6 Å². The van der Waals surface area contributed by atoms with Gasteiger partial charge >= 0.3 is 17.9 Å². The van der Waals surface area contributed by atoms with Gasteiger partial charge in [0.25, 0.3) is 10.1 Å². The molecule has 1 fully saturated rings. The van der Waals surface area contributed by atoms with Gasteiger partial charge in [0.15, 0.2) is 18.2 Å². The van der Waals surface area contributed by atoms with Crippen LogP contribution in [0.2, 0.25) is 0 Å². The minimum atomic E-state index is -4.25. The first kappa shape index (κ1) is 30.7. The van der Waals surface area contributed by atoms with Crippen LogP contribution in [0.4, 0.5) is 0 Å². The van der Waals surface area contributed by atoms with Crippen molar-refractivity contribution in [1.82, 2.24) is 0 Å². The predicted octanol–water partition coefficient (Wildman–Crippen LogP) is 2.35. The van der Waals surface area contributed by atoms with Crippen molar-refractivity contribution in [3.63, 3.8) is 0 Å². The molecule has 2 aromatic carbocycles. The number of methoxy groups -OCH3 is 1. The van der Waals surface area contributed by atoms with E-state index in [0.29, 0.717) is 11.3 Å². The Morgan fingerprint density at radius 3 is 2.15 bits per heavy atom. The van der Waals surface area contributed by atoms with Crippen LogP contribution in [-0.4, -0.2) is 76.9 Å². The molecular formula is C27H31NO11S. The van der Waals surface area contributed by atoms with Crippen LogP contribution in [0.3, 0.4) is 0 Å². The zero-order valence-corrected chi connectivity index (χ0v) is 23.5. The summed E-state index contributed by atoms with van der Waals surface area (Å²) in [6, 6.07) is 11.6. The Kier molecular flexibility index (Phi) is 10.4. The number of aliphatic imine (C=N–C) groups is 1. The molecule has 0 spiro atoms. The normalized spacial score (nSPS) is 22.9. The molecule has 216 valence electrons. The molecule has 2 aromatic rings. The number of carbonyl (C=O) groups is 3. The van der Waals surface area contributed by atoms with Crippen LogP contribution >= 0.6 is 0 Å². The van der Waals surface area contributed by atoms with Gasteiger partial charge in [0.2, 0.25) is 6.29 Å². The molecule has 0 saturated carbocycles. The monoisotopic (exact) mass is 577 g/mol. The summed E-state index contributed by atoms with van der Waals surface area (Å²) in [4.78, 5) is 40.4. The highest BCUT2D eigenvalue weighted by Gasteiger charge is 2.51. The Balaban J connectivity index is 1.98. The summed E-state index contributed by atoms with van der Waals surface area (Å²) in [6.45, 7) is 4.54. The molecule has 5 unspecified atom stereocenters. The van der Waals surface area contributed by atoms with E-state index in [1.54, 1.807) is 43.3 Å². The zero-order chi connectivity index (χ0) is 29.4. The number of hydrogen-bond acceptors (Lipinski definition) is 12. The summed E-state index contributed by atoms with van der Waals surface area (Å²) in [5, 5.41) is 0. The lowest BCUT2D eigenvalue weighted by Gasteiger charge is -2.43. The maximum absolute atomic E-state index is 12.8. The standard InChI is InChI=1S/C27H31NO11S/c1-16-9-11-22(12-10-16)40(32,33)35-15-23-25(36-17(2)29)26(37-18(3)30)24(27(39-23)38-19(4)31)28-14-20-7-6-8-21(13-20)34-5/h6-14,23-27H,15H2,1-5H3. The Morgan fingerprint density at radius 1 is 0.925 bits per heavy atom. The molecule has 1 aliphatic rings. The van der Waals surface area contributed by atoms with Crippen molar-refractivity contribution in [2.75, 3.05) is 13.7 Å². The van der Waals surface area contributed by atoms with E-state index in [1.807, 2.05) is 0 Å². The Labute approximate surface area is 232 Å². The minimum absolute atomic E-state index is 0.105. The fraction of sp³-hybridized carbons (Fsp3) is 0.407. The van der Waals surface area contributed by atoms with Crippen molar-refractivity contribution in [3.05, 3.63) is 59.7 Å². The Bertz CT molecular complexity index is 1340. The van der Waals surface area contributed by atoms with Gasteiger partial charge in [-0.3, -0.25) is 23.6 Å². The molecule has 5 atom stereocenters. The van der Waals surface area contributed by atoms with E-state index < -0.39 is 65.3 Å². The third kappa shape index (κ3) is 8.34. The Hall–Kier alpha value is -3.81. The smallest absolute Gasteiger partial charge is 0.305 e. The van der Waals surface area contributed by atoms with Crippen LogP contribution in [0, 0.1) is 6.92 Å². The molecule has 40 heavy (non-hydrogen) atoms. The Morgan fingerprint density at radius 2 is 1.55 bits per heavy atom. The molecule has 0 aliphatic carbocycles. The maximum Gasteiger partial charge on any atom is 0.305 e. The molecule has 0 bridgehead atoms. The second-order valence-corrected chi connectivity index (χ2v) is 10.5. The van der Waals surface area contributed by atoms with Gasteiger partial charge < -0.3 is 23.7 Å². The lowest BCUT2D eigenvalue weighted by Crippen LogP contribution is -2.61. The van der Waals surface area contributed by atoms with Crippen molar-refractivity contribution >= 4 is 34.2 Å². The summed E-state index contributed by atoms with van der Waals surface area (Å²) in [5.74, 6) is -1.70. The lowest BCUT2D eigenvalue weighted by atomic mass is 9.96. The van der Waals surface area contributed by atoms with Crippen LogP contribution in [0.1, 0.15) is 31.9 Å². The van der Waals surface area contributed by atoms with Crippen molar-refractivity contribution in [3.8, 4) is 5.75 Å². The third-order valence-corrected chi connectivity index (χ3v) is 6.98. The van der Waals surface area contributed by atoms with E-state index in [4.69, 9.17) is 27.9 Å². The first-order valence-corrected chi connectivity index (χ1v) is 13.6. The SMILES string of the molecule is COc1cccc(C=NC2C(OC(C)=O)OC(COS(=O)(=O)c3ccc(C)cc3)C(OC(C)=O)C2OC(C)=O)c1. The highest BCUT2D eigenvalue weighted by atomic mass is 32.2. The van der Waals surface area contributed by atoms with E-state index in [1.165, 1.54) is 25.5 Å². The van der Waals surface area contributed by atoms with Gasteiger partial charge in [-0.2, -0.15) is 8.42 Å². The first-order chi connectivity index (χ1) is 18.9. The molecule has 0 aromatic heterocycles. The highest BCUT2D eigenvalue weighted by molar-refractivity contribution is 7.86. The number of carbonyl (C=O) groups excluding carboxylic acids is 3. The van der Waals surface area contributed by atoms with E-state index >= 15 is 0 Å². The van der Waals surface area contributed by atoms with E-state index in [2.05, 4.69) is 4.99 Å². The minimum Gasteiger partial charge on any atom is -0.497 e. The fourth-order valence-electron chi connectivity index (χ4n) is 3.93. The first-order valence-electron chi connectivity index (χ1n) is 12.2. The van der Waals surface area contributed by atoms with Gasteiger partial charge in [-0.05, 0) is 36.8 Å². The van der Waals surface area contributed by atoms with E-state index in [9.17, 15) is 22.8 Å². The molecule has 1 heterocycles. The summed E-state index contributed by atoms with van der Waals surface area (Å²) < 4.78 is 58.2. The van der Waals surface area contributed by atoms with Crippen molar-refractivity contribution in [2.45, 2.75) is 63.2 Å². The van der Waals surface area contributed by atoms with Crippen molar-refractivity contribution in [2.24, 2.45) is 4.99 Å². The highest BCUT2D eigenvalue weighted by Crippen LogP contribution is 2.30. The van der Waals surface area contributed by atoms with Gasteiger partial charge in [-0.15, -0.1) is 0 Å². The van der Waals surface area contributed by atoms with Crippen LogP contribution in [0.5, 0.6) is 5.75 Å². The quantitative estimate of drug-likeness (QED) is 0.177. The largest absolute Gasteiger partial charge is 0.497 e. The van der Waals surface area contributed by atoms with Gasteiger partial charge in [-0.1, -0.05) is 29.8 Å². The fourth-order valence-corrected chi connectivity index (χ4v) is 4.85. The van der Waals surface area contributed by atoms with Crippen molar-refractivity contribution < 1.29 is 50.7 Å².